The van der Waals surface area contributed by atoms with E-state index in [0.29, 0.717) is 30.1 Å². The van der Waals surface area contributed by atoms with E-state index in [0.717, 1.165) is 34.2 Å². The third-order valence-electron chi connectivity index (χ3n) is 6.03. The van der Waals surface area contributed by atoms with E-state index in [-0.39, 0.29) is 11.0 Å². The third-order valence-corrected chi connectivity index (χ3v) is 9.08. The lowest BCUT2D eigenvalue weighted by atomic mass is 10.1. The SMILES string of the molecule is C=CCn1c(=NC(=O)c2ccc(S(=O)(=O)N(C)CC3CCCO3)cc2)sc2c(C)ccc(C)c21. The predicted molar refractivity (Wildman–Crippen MR) is 135 cm³/mol. The van der Waals surface area contributed by atoms with Gasteiger partial charge in [-0.2, -0.15) is 9.30 Å². The first-order chi connectivity index (χ1) is 16.2. The Labute approximate surface area is 204 Å². The summed E-state index contributed by atoms with van der Waals surface area (Å²) in [5, 5.41) is 0. The number of likely N-dealkylation sites (N-methyl/N-ethyl adjacent to an activating group) is 1. The average molecular weight is 500 g/mol. The number of benzene rings is 2. The fraction of sp³-hybridized carbons (Fsp3) is 0.360. The van der Waals surface area contributed by atoms with E-state index in [4.69, 9.17) is 4.74 Å². The summed E-state index contributed by atoms with van der Waals surface area (Å²) in [5.74, 6) is -0.420. The van der Waals surface area contributed by atoms with Gasteiger partial charge in [-0.3, -0.25) is 4.79 Å². The minimum atomic E-state index is -3.67. The van der Waals surface area contributed by atoms with Gasteiger partial charge >= 0.3 is 0 Å². The molecule has 0 spiro atoms. The van der Waals surface area contributed by atoms with E-state index < -0.39 is 15.9 Å². The smallest absolute Gasteiger partial charge is 0.279 e. The maximum atomic E-state index is 13.0. The van der Waals surface area contributed by atoms with E-state index in [1.165, 1.54) is 39.9 Å². The zero-order valence-electron chi connectivity index (χ0n) is 19.7. The van der Waals surface area contributed by atoms with Crippen molar-refractivity contribution in [1.29, 1.82) is 0 Å². The topological polar surface area (TPSA) is 81.0 Å². The van der Waals surface area contributed by atoms with Crippen LogP contribution in [0.25, 0.3) is 10.2 Å². The van der Waals surface area contributed by atoms with Gasteiger partial charge in [0.1, 0.15) is 0 Å². The van der Waals surface area contributed by atoms with E-state index in [1.807, 2.05) is 18.4 Å². The van der Waals surface area contributed by atoms with E-state index in [2.05, 4.69) is 23.7 Å². The Balaban J connectivity index is 1.63. The summed E-state index contributed by atoms with van der Waals surface area (Å²) in [5.41, 5.74) is 3.61. The van der Waals surface area contributed by atoms with Gasteiger partial charge in [0, 0.05) is 32.3 Å². The third kappa shape index (κ3) is 4.79. The van der Waals surface area contributed by atoms with Crippen molar-refractivity contribution in [2.24, 2.45) is 4.99 Å². The number of allylic oxidation sites excluding steroid dienone is 1. The predicted octanol–water partition coefficient (Wildman–Crippen LogP) is 4.05. The summed E-state index contributed by atoms with van der Waals surface area (Å²) in [6, 6.07) is 10.1. The summed E-state index contributed by atoms with van der Waals surface area (Å²) in [6.07, 6.45) is 3.52. The van der Waals surface area contributed by atoms with Gasteiger partial charge in [-0.05, 0) is 62.1 Å². The number of hydrogen-bond acceptors (Lipinski definition) is 5. The van der Waals surface area contributed by atoms with Crippen molar-refractivity contribution in [3.63, 3.8) is 0 Å². The molecule has 0 aliphatic carbocycles. The van der Waals surface area contributed by atoms with Crippen molar-refractivity contribution in [3.8, 4) is 0 Å². The number of sulfonamides is 1. The number of ether oxygens (including phenoxy) is 1. The fourth-order valence-corrected chi connectivity index (χ4v) is 6.52. The van der Waals surface area contributed by atoms with Crippen molar-refractivity contribution >= 4 is 37.5 Å². The van der Waals surface area contributed by atoms with Crippen LogP contribution in [0.2, 0.25) is 0 Å². The average Bonchev–Trinajstić information content (AvgIpc) is 3.45. The van der Waals surface area contributed by atoms with Crippen LogP contribution in [0.15, 0.2) is 58.9 Å². The second kappa shape index (κ2) is 9.95. The highest BCUT2D eigenvalue weighted by atomic mass is 32.2. The van der Waals surface area contributed by atoms with Crippen LogP contribution < -0.4 is 4.80 Å². The zero-order valence-corrected chi connectivity index (χ0v) is 21.3. The summed E-state index contributed by atoms with van der Waals surface area (Å²) < 4.78 is 35.8. The van der Waals surface area contributed by atoms with Gasteiger partial charge in [0.2, 0.25) is 10.0 Å². The van der Waals surface area contributed by atoms with Crippen molar-refractivity contribution in [2.45, 2.75) is 44.2 Å². The number of nitrogens with zero attached hydrogens (tertiary/aromatic N) is 3. The molecule has 0 bridgehead atoms. The molecule has 0 radical (unpaired) electrons. The molecular weight excluding hydrogens is 470 g/mol. The van der Waals surface area contributed by atoms with Crippen LogP contribution in [0, 0.1) is 13.8 Å². The first kappa shape index (κ1) is 24.5. The molecule has 9 heteroatoms. The summed E-state index contributed by atoms with van der Waals surface area (Å²) in [6.45, 7) is 9.43. The van der Waals surface area contributed by atoms with Crippen molar-refractivity contribution in [2.75, 3.05) is 20.2 Å². The molecular formula is C25H29N3O4S2. The molecule has 2 heterocycles. The molecule has 180 valence electrons. The van der Waals surface area contributed by atoms with Gasteiger partial charge in [-0.25, -0.2) is 8.42 Å². The van der Waals surface area contributed by atoms with Crippen LogP contribution in [-0.2, 0) is 21.3 Å². The van der Waals surface area contributed by atoms with Crippen molar-refractivity contribution in [1.82, 2.24) is 8.87 Å². The number of hydrogen-bond donors (Lipinski definition) is 0. The number of aromatic nitrogens is 1. The number of carbonyl (C=O) groups is 1. The maximum absolute atomic E-state index is 13.0. The monoisotopic (exact) mass is 499 g/mol. The van der Waals surface area contributed by atoms with Crippen LogP contribution in [0.4, 0.5) is 0 Å². The highest BCUT2D eigenvalue weighted by Crippen LogP contribution is 2.25. The molecule has 0 saturated carbocycles. The lowest BCUT2D eigenvalue weighted by Crippen LogP contribution is -2.34. The van der Waals surface area contributed by atoms with E-state index in [1.54, 1.807) is 13.1 Å². The molecule has 2 aromatic carbocycles. The van der Waals surface area contributed by atoms with Crippen molar-refractivity contribution in [3.05, 3.63) is 70.5 Å². The normalized spacial score (nSPS) is 17.1. The fourth-order valence-electron chi connectivity index (χ4n) is 4.13. The largest absolute Gasteiger partial charge is 0.377 e. The van der Waals surface area contributed by atoms with Crippen LogP contribution in [0.3, 0.4) is 0 Å². The van der Waals surface area contributed by atoms with Crippen LogP contribution in [-0.4, -0.2) is 49.5 Å². The van der Waals surface area contributed by atoms with Crippen LogP contribution in [0.1, 0.15) is 34.3 Å². The highest BCUT2D eigenvalue weighted by Gasteiger charge is 2.26. The summed E-state index contributed by atoms with van der Waals surface area (Å²) >= 11 is 1.47. The molecule has 7 nitrogen and oxygen atoms in total. The van der Waals surface area contributed by atoms with Gasteiger partial charge in [-0.15, -0.1) is 6.58 Å². The summed E-state index contributed by atoms with van der Waals surface area (Å²) in [4.78, 5) is 18.1. The van der Waals surface area contributed by atoms with Gasteiger partial charge in [0.15, 0.2) is 4.80 Å². The zero-order chi connectivity index (χ0) is 24.5. The molecule has 1 saturated heterocycles. The molecule has 1 aliphatic heterocycles. The van der Waals surface area contributed by atoms with Gasteiger partial charge in [0.25, 0.3) is 5.91 Å². The number of rotatable bonds is 7. The molecule has 34 heavy (non-hydrogen) atoms. The highest BCUT2D eigenvalue weighted by molar-refractivity contribution is 7.89. The number of aryl methyl sites for hydroxylation is 2. The minimum Gasteiger partial charge on any atom is -0.377 e. The minimum absolute atomic E-state index is 0.0738. The van der Waals surface area contributed by atoms with Crippen LogP contribution >= 0.6 is 11.3 Å². The second-order valence-corrected chi connectivity index (χ2v) is 11.5. The number of amides is 1. The number of fused-ring (bicyclic) bond motifs is 1. The Morgan fingerprint density at radius 2 is 1.94 bits per heavy atom. The molecule has 1 amide bonds. The first-order valence-corrected chi connectivity index (χ1v) is 13.5. The Morgan fingerprint density at radius 3 is 2.59 bits per heavy atom. The molecule has 1 aliphatic rings. The molecule has 4 rings (SSSR count). The summed E-state index contributed by atoms with van der Waals surface area (Å²) in [7, 11) is -2.12. The Kier molecular flexibility index (Phi) is 7.18. The molecule has 1 fully saturated rings. The van der Waals surface area contributed by atoms with E-state index >= 15 is 0 Å². The van der Waals surface area contributed by atoms with Crippen molar-refractivity contribution < 1.29 is 17.9 Å². The van der Waals surface area contributed by atoms with Gasteiger partial charge in [0.05, 0.1) is 21.2 Å². The van der Waals surface area contributed by atoms with Gasteiger partial charge < -0.3 is 9.30 Å². The Hall–Kier alpha value is -2.59. The number of carbonyl (C=O) groups excluding carboxylic acids is 1. The molecule has 1 atom stereocenters. The first-order valence-electron chi connectivity index (χ1n) is 11.2. The lowest BCUT2D eigenvalue weighted by molar-refractivity contribution is 0.0979. The number of thiazole rings is 1. The standard InChI is InChI=1S/C25H29N3O4S2/c1-5-14-28-22-17(2)8-9-18(3)23(22)33-25(28)26-24(29)19-10-12-21(13-11-19)34(30,31)27(4)16-20-7-6-15-32-20/h5,8-13,20H,1,6-7,14-16H2,2-4H3. The van der Waals surface area contributed by atoms with E-state index in [9.17, 15) is 13.2 Å². The Morgan fingerprint density at radius 1 is 1.24 bits per heavy atom. The molecule has 1 unspecified atom stereocenters. The van der Waals surface area contributed by atoms with Crippen LogP contribution in [0.5, 0.6) is 0 Å². The lowest BCUT2D eigenvalue weighted by Gasteiger charge is -2.20. The maximum Gasteiger partial charge on any atom is 0.279 e. The molecule has 3 aromatic rings. The quantitative estimate of drug-likeness (QED) is 0.460. The molecule has 1 aromatic heterocycles. The van der Waals surface area contributed by atoms with Gasteiger partial charge in [-0.1, -0.05) is 29.5 Å². The second-order valence-electron chi connectivity index (χ2n) is 8.52. The molecule has 0 N–H and O–H groups in total. The Bertz CT molecular complexity index is 1400.